The first-order valence-corrected chi connectivity index (χ1v) is 10.2. The van der Waals surface area contributed by atoms with E-state index in [1.165, 1.54) is 0 Å². The zero-order chi connectivity index (χ0) is 19.9. The summed E-state index contributed by atoms with van der Waals surface area (Å²) in [6, 6.07) is 11.7. The summed E-state index contributed by atoms with van der Waals surface area (Å²) in [4.78, 5) is 33.7. The van der Waals surface area contributed by atoms with Gasteiger partial charge >= 0.3 is 0 Å². The number of amides is 2. The molecule has 148 valence electrons. The predicted octanol–water partition coefficient (Wildman–Crippen LogP) is 3.54. The Bertz CT molecular complexity index is 807. The van der Waals surface area contributed by atoms with E-state index in [4.69, 9.17) is 0 Å². The summed E-state index contributed by atoms with van der Waals surface area (Å²) in [5.74, 6) is 0.157. The lowest BCUT2D eigenvalue weighted by atomic mass is 9.97. The summed E-state index contributed by atoms with van der Waals surface area (Å²) < 4.78 is 0. The van der Waals surface area contributed by atoms with Crippen molar-refractivity contribution in [1.82, 2.24) is 14.8 Å². The van der Waals surface area contributed by atoms with Gasteiger partial charge in [0.1, 0.15) is 6.04 Å². The minimum atomic E-state index is -0.413. The van der Waals surface area contributed by atoms with Gasteiger partial charge < -0.3 is 9.80 Å². The third-order valence-electron chi connectivity index (χ3n) is 5.21. The zero-order valence-corrected chi connectivity index (χ0v) is 16.8. The number of hydrogen-bond donors (Lipinski definition) is 0. The predicted molar refractivity (Wildman–Crippen MR) is 111 cm³/mol. The molecule has 0 bridgehead atoms. The standard InChI is InChI=1S/C23H29N3O2/c1-3-7-22(27)26-14-13-25(12-4-2)23(28)21(26)16-18-8-5-9-19(15-18)20-10-6-11-24-17-20/h5-6,8-11,15,17,21H,3-4,7,12-14,16H2,1-2H3/t21-/m0/s1. The van der Waals surface area contributed by atoms with Crippen LogP contribution in [-0.4, -0.2) is 52.3 Å². The maximum atomic E-state index is 13.1. The summed E-state index contributed by atoms with van der Waals surface area (Å²) in [5, 5.41) is 0. The second kappa shape index (κ2) is 9.49. The molecule has 1 aromatic heterocycles. The normalized spacial score (nSPS) is 17.1. The van der Waals surface area contributed by atoms with Crippen molar-refractivity contribution in [3.8, 4) is 11.1 Å². The Kier molecular flexibility index (Phi) is 6.80. The smallest absolute Gasteiger partial charge is 0.245 e. The molecule has 1 aromatic carbocycles. The molecule has 0 N–H and O–H groups in total. The molecule has 0 radical (unpaired) electrons. The molecule has 1 aliphatic heterocycles. The van der Waals surface area contributed by atoms with E-state index in [-0.39, 0.29) is 11.8 Å². The molecule has 5 heteroatoms. The van der Waals surface area contributed by atoms with Crippen molar-refractivity contribution in [2.75, 3.05) is 19.6 Å². The van der Waals surface area contributed by atoms with Crippen molar-refractivity contribution in [2.45, 2.75) is 45.6 Å². The maximum absolute atomic E-state index is 13.1. The van der Waals surface area contributed by atoms with E-state index in [0.717, 1.165) is 36.1 Å². The van der Waals surface area contributed by atoms with Crippen LogP contribution >= 0.6 is 0 Å². The number of pyridine rings is 1. The van der Waals surface area contributed by atoms with Gasteiger partial charge in [0.25, 0.3) is 0 Å². The Morgan fingerprint density at radius 1 is 1.11 bits per heavy atom. The summed E-state index contributed by atoms with van der Waals surface area (Å²) in [5.41, 5.74) is 3.18. The topological polar surface area (TPSA) is 53.5 Å². The molecule has 0 unspecified atom stereocenters. The first-order chi connectivity index (χ1) is 13.6. The molecule has 0 aliphatic carbocycles. The molecule has 1 fully saturated rings. The Labute approximate surface area is 167 Å². The SMILES string of the molecule is CCCC(=O)N1CCN(CCC)C(=O)[C@@H]1Cc1cccc(-c2cccnc2)c1. The number of aromatic nitrogens is 1. The van der Waals surface area contributed by atoms with Crippen LogP contribution in [0.2, 0.25) is 0 Å². The van der Waals surface area contributed by atoms with Gasteiger partial charge in [0.15, 0.2) is 0 Å². The number of hydrogen-bond acceptors (Lipinski definition) is 3. The second-order valence-electron chi connectivity index (χ2n) is 7.32. The first kappa shape index (κ1) is 20.1. The average molecular weight is 380 g/mol. The van der Waals surface area contributed by atoms with Gasteiger partial charge in [0, 0.05) is 44.9 Å². The zero-order valence-electron chi connectivity index (χ0n) is 16.8. The van der Waals surface area contributed by atoms with Gasteiger partial charge in [-0.3, -0.25) is 14.6 Å². The van der Waals surface area contributed by atoms with Gasteiger partial charge in [-0.15, -0.1) is 0 Å². The molecule has 2 aromatic rings. The fourth-order valence-corrected chi connectivity index (χ4v) is 3.82. The molecule has 2 heterocycles. The van der Waals surface area contributed by atoms with Crippen LogP contribution < -0.4 is 0 Å². The van der Waals surface area contributed by atoms with Crippen LogP contribution in [0.15, 0.2) is 48.8 Å². The third-order valence-corrected chi connectivity index (χ3v) is 5.21. The fourth-order valence-electron chi connectivity index (χ4n) is 3.82. The highest BCUT2D eigenvalue weighted by Gasteiger charge is 2.36. The van der Waals surface area contributed by atoms with Crippen molar-refractivity contribution in [3.05, 3.63) is 54.4 Å². The molecule has 1 atom stereocenters. The van der Waals surface area contributed by atoms with Crippen LogP contribution in [0.4, 0.5) is 0 Å². The highest BCUT2D eigenvalue weighted by Crippen LogP contribution is 2.23. The molecule has 1 aliphatic rings. The number of rotatable bonds is 7. The van der Waals surface area contributed by atoms with E-state index >= 15 is 0 Å². The lowest BCUT2D eigenvalue weighted by molar-refractivity contribution is -0.151. The van der Waals surface area contributed by atoms with Crippen LogP contribution in [0.3, 0.4) is 0 Å². The Hall–Kier alpha value is -2.69. The van der Waals surface area contributed by atoms with E-state index < -0.39 is 6.04 Å². The lowest BCUT2D eigenvalue weighted by Crippen LogP contribution is -2.59. The van der Waals surface area contributed by atoms with Crippen LogP contribution in [0, 0.1) is 0 Å². The molecule has 0 saturated carbocycles. The van der Waals surface area contributed by atoms with E-state index in [1.54, 1.807) is 11.1 Å². The quantitative estimate of drug-likeness (QED) is 0.739. The minimum absolute atomic E-state index is 0.0735. The summed E-state index contributed by atoms with van der Waals surface area (Å²) in [7, 11) is 0. The van der Waals surface area contributed by atoms with E-state index in [2.05, 4.69) is 18.0 Å². The average Bonchev–Trinajstić information content (AvgIpc) is 2.72. The van der Waals surface area contributed by atoms with Crippen molar-refractivity contribution < 1.29 is 9.59 Å². The molecular weight excluding hydrogens is 350 g/mol. The van der Waals surface area contributed by atoms with Gasteiger partial charge in [-0.1, -0.05) is 44.2 Å². The highest BCUT2D eigenvalue weighted by atomic mass is 16.2. The van der Waals surface area contributed by atoms with E-state index in [1.807, 2.05) is 48.4 Å². The Morgan fingerprint density at radius 3 is 2.64 bits per heavy atom. The van der Waals surface area contributed by atoms with Crippen molar-refractivity contribution >= 4 is 11.8 Å². The van der Waals surface area contributed by atoms with Gasteiger partial charge in [0.2, 0.25) is 11.8 Å². The summed E-state index contributed by atoms with van der Waals surface area (Å²) >= 11 is 0. The Morgan fingerprint density at radius 2 is 1.93 bits per heavy atom. The Balaban J connectivity index is 1.85. The van der Waals surface area contributed by atoms with Crippen molar-refractivity contribution in [2.24, 2.45) is 0 Å². The molecule has 28 heavy (non-hydrogen) atoms. The van der Waals surface area contributed by atoms with Crippen LogP contribution in [0.1, 0.15) is 38.7 Å². The molecule has 0 spiro atoms. The molecule has 2 amide bonds. The van der Waals surface area contributed by atoms with E-state index in [9.17, 15) is 9.59 Å². The van der Waals surface area contributed by atoms with Crippen LogP contribution in [0.25, 0.3) is 11.1 Å². The minimum Gasteiger partial charge on any atom is -0.339 e. The second-order valence-corrected chi connectivity index (χ2v) is 7.32. The van der Waals surface area contributed by atoms with Crippen LogP contribution in [-0.2, 0) is 16.0 Å². The molecule has 5 nitrogen and oxygen atoms in total. The van der Waals surface area contributed by atoms with Gasteiger partial charge in [-0.05, 0) is 35.6 Å². The van der Waals surface area contributed by atoms with Crippen LogP contribution in [0.5, 0.6) is 0 Å². The molecular formula is C23H29N3O2. The number of benzene rings is 1. The number of carbonyl (C=O) groups excluding carboxylic acids is 2. The van der Waals surface area contributed by atoms with Crippen molar-refractivity contribution in [1.29, 1.82) is 0 Å². The summed E-state index contributed by atoms with van der Waals surface area (Å²) in [6.45, 7) is 6.08. The maximum Gasteiger partial charge on any atom is 0.245 e. The fraction of sp³-hybridized carbons (Fsp3) is 0.435. The highest BCUT2D eigenvalue weighted by molar-refractivity contribution is 5.89. The number of nitrogens with zero attached hydrogens (tertiary/aromatic N) is 3. The number of carbonyl (C=O) groups is 2. The van der Waals surface area contributed by atoms with Gasteiger partial charge in [0.05, 0.1) is 0 Å². The van der Waals surface area contributed by atoms with Gasteiger partial charge in [-0.2, -0.15) is 0 Å². The first-order valence-electron chi connectivity index (χ1n) is 10.2. The largest absolute Gasteiger partial charge is 0.339 e. The monoisotopic (exact) mass is 379 g/mol. The number of piperazine rings is 1. The molecule has 3 rings (SSSR count). The van der Waals surface area contributed by atoms with E-state index in [0.29, 0.717) is 25.9 Å². The third kappa shape index (κ3) is 4.58. The van der Waals surface area contributed by atoms with Crippen molar-refractivity contribution in [3.63, 3.8) is 0 Å². The lowest BCUT2D eigenvalue weighted by Gasteiger charge is -2.41. The van der Waals surface area contributed by atoms with Gasteiger partial charge in [-0.25, -0.2) is 0 Å². The molecule has 1 saturated heterocycles. The summed E-state index contributed by atoms with van der Waals surface area (Å²) in [6.07, 6.45) is 6.36.